The van der Waals surface area contributed by atoms with Crippen molar-refractivity contribution in [3.05, 3.63) is 35.9 Å². The minimum atomic E-state index is -0.204. The molecule has 32 heavy (non-hydrogen) atoms. The highest BCUT2D eigenvalue weighted by Crippen LogP contribution is 2.23. The van der Waals surface area contributed by atoms with Crippen LogP contribution in [-0.2, 0) is 16.0 Å². The molecule has 0 aliphatic carbocycles. The largest absolute Gasteiger partial charge is 0.350 e. The smallest absolute Gasteiger partial charge is 0.239 e. The first-order valence-electron chi connectivity index (χ1n) is 12.3. The maximum atomic E-state index is 13.2. The van der Waals surface area contributed by atoms with Crippen molar-refractivity contribution >= 4 is 11.8 Å². The molecule has 2 aliphatic heterocycles. The van der Waals surface area contributed by atoms with E-state index < -0.39 is 0 Å². The van der Waals surface area contributed by atoms with Crippen LogP contribution in [0.15, 0.2) is 30.3 Å². The lowest BCUT2D eigenvalue weighted by atomic mass is 9.90. The first kappa shape index (κ1) is 24.7. The molecule has 2 amide bonds. The van der Waals surface area contributed by atoms with E-state index in [-0.39, 0.29) is 23.4 Å². The molecule has 2 aliphatic rings. The van der Waals surface area contributed by atoms with E-state index in [0.29, 0.717) is 12.5 Å². The molecule has 1 aromatic rings. The van der Waals surface area contributed by atoms with Crippen molar-refractivity contribution in [3.8, 4) is 0 Å². The Balaban J connectivity index is 1.43. The number of carbonyl (C=O) groups excluding carboxylic acids is 2. The summed E-state index contributed by atoms with van der Waals surface area (Å²) in [5, 5.41) is 3.05. The highest BCUT2D eigenvalue weighted by atomic mass is 16.2. The van der Waals surface area contributed by atoms with E-state index in [2.05, 4.69) is 57.3 Å². The van der Waals surface area contributed by atoms with Crippen LogP contribution >= 0.6 is 0 Å². The van der Waals surface area contributed by atoms with Gasteiger partial charge in [0.25, 0.3) is 0 Å². The van der Waals surface area contributed by atoms with Crippen LogP contribution in [0.4, 0.5) is 0 Å². The average molecular weight is 443 g/mol. The zero-order chi connectivity index (χ0) is 23.1. The van der Waals surface area contributed by atoms with Crippen molar-refractivity contribution in [1.29, 1.82) is 0 Å². The second kappa shape index (κ2) is 11.3. The van der Waals surface area contributed by atoms with Crippen molar-refractivity contribution in [2.75, 3.05) is 45.8 Å². The van der Waals surface area contributed by atoms with Crippen LogP contribution in [-0.4, -0.2) is 83.9 Å². The van der Waals surface area contributed by atoms with Crippen LogP contribution in [0.3, 0.4) is 0 Å². The van der Waals surface area contributed by atoms with Crippen molar-refractivity contribution in [2.24, 2.45) is 5.92 Å². The molecule has 0 unspecified atom stereocenters. The number of hydrogen-bond donors (Lipinski definition) is 1. The summed E-state index contributed by atoms with van der Waals surface area (Å²) in [6, 6.07) is 10.6. The molecule has 0 aromatic heterocycles. The molecule has 178 valence electrons. The highest BCUT2D eigenvalue weighted by molar-refractivity contribution is 5.81. The number of hydrogen-bond acceptors (Lipinski definition) is 4. The van der Waals surface area contributed by atoms with E-state index in [4.69, 9.17) is 0 Å². The van der Waals surface area contributed by atoms with Gasteiger partial charge in [-0.1, -0.05) is 30.3 Å². The molecule has 2 fully saturated rings. The highest BCUT2D eigenvalue weighted by Gasteiger charge is 2.30. The van der Waals surface area contributed by atoms with E-state index in [1.807, 2.05) is 20.8 Å². The van der Waals surface area contributed by atoms with Gasteiger partial charge in [0.1, 0.15) is 0 Å². The molecule has 0 spiro atoms. The lowest BCUT2D eigenvalue weighted by Crippen LogP contribution is -2.50. The Kier molecular flexibility index (Phi) is 8.72. The molecule has 2 saturated heterocycles. The lowest BCUT2D eigenvalue weighted by molar-refractivity contribution is -0.137. The third kappa shape index (κ3) is 7.59. The summed E-state index contributed by atoms with van der Waals surface area (Å²) in [6.45, 7) is 13.7. The molecular formula is C26H42N4O2. The normalized spacial score (nSPS) is 20.6. The Morgan fingerprint density at radius 1 is 1.00 bits per heavy atom. The van der Waals surface area contributed by atoms with Crippen LogP contribution in [0.5, 0.6) is 0 Å². The molecule has 6 nitrogen and oxygen atoms in total. The van der Waals surface area contributed by atoms with Crippen molar-refractivity contribution in [2.45, 2.75) is 65.0 Å². The fourth-order valence-electron chi connectivity index (χ4n) is 4.92. The predicted octanol–water partition coefficient (Wildman–Crippen LogP) is 2.78. The van der Waals surface area contributed by atoms with Gasteiger partial charge in [0.05, 0.1) is 12.6 Å². The summed E-state index contributed by atoms with van der Waals surface area (Å²) >= 11 is 0. The molecular weight excluding hydrogens is 400 g/mol. The van der Waals surface area contributed by atoms with Crippen LogP contribution in [0.25, 0.3) is 0 Å². The number of piperidine rings is 1. The van der Waals surface area contributed by atoms with Gasteiger partial charge in [-0.3, -0.25) is 19.4 Å². The van der Waals surface area contributed by atoms with Crippen molar-refractivity contribution in [1.82, 2.24) is 20.0 Å². The van der Waals surface area contributed by atoms with Gasteiger partial charge in [-0.2, -0.15) is 0 Å². The Labute approximate surface area is 194 Å². The monoisotopic (exact) mass is 442 g/mol. The third-order valence-corrected chi connectivity index (χ3v) is 6.70. The van der Waals surface area contributed by atoms with Gasteiger partial charge in [-0.15, -0.1) is 0 Å². The SMILES string of the molecule is C[C@@H](C(=O)N1CCC(Cc2ccccc2)CC1)N1CCCN(CC(=O)NC(C)(C)C)CC1. The number of nitrogens with one attached hydrogen (secondary N) is 1. The molecule has 1 aromatic carbocycles. The molecule has 3 rings (SSSR count). The lowest BCUT2D eigenvalue weighted by Gasteiger charge is -2.36. The Hall–Kier alpha value is -1.92. The van der Waals surface area contributed by atoms with E-state index in [1.54, 1.807) is 0 Å². The number of benzene rings is 1. The summed E-state index contributed by atoms with van der Waals surface area (Å²) in [5.41, 5.74) is 1.20. The van der Waals surface area contributed by atoms with Crippen LogP contribution in [0, 0.1) is 5.92 Å². The van der Waals surface area contributed by atoms with E-state index in [1.165, 1.54) is 5.56 Å². The van der Waals surface area contributed by atoms with Crippen molar-refractivity contribution < 1.29 is 9.59 Å². The van der Waals surface area contributed by atoms with Gasteiger partial charge in [0.2, 0.25) is 11.8 Å². The standard InChI is InChI=1S/C26H42N4O2/c1-21(29-14-8-13-28(17-18-29)20-24(31)27-26(2,3)4)25(32)30-15-11-23(12-16-30)19-22-9-6-5-7-10-22/h5-7,9-10,21,23H,8,11-20H2,1-4H3,(H,27,31)/t21-/m0/s1. The van der Waals surface area contributed by atoms with Gasteiger partial charge in [-0.05, 0) is 71.4 Å². The predicted molar refractivity (Wildman–Crippen MR) is 129 cm³/mol. The molecule has 0 saturated carbocycles. The Morgan fingerprint density at radius 3 is 2.34 bits per heavy atom. The van der Waals surface area contributed by atoms with Gasteiger partial charge >= 0.3 is 0 Å². The number of likely N-dealkylation sites (tertiary alicyclic amines) is 1. The second-order valence-electron chi connectivity index (χ2n) is 10.6. The minimum Gasteiger partial charge on any atom is -0.350 e. The third-order valence-electron chi connectivity index (χ3n) is 6.70. The fourth-order valence-corrected chi connectivity index (χ4v) is 4.92. The van der Waals surface area contributed by atoms with E-state index in [9.17, 15) is 9.59 Å². The summed E-state index contributed by atoms with van der Waals surface area (Å²) in [7, 11) is 0. The van der Waals surface area contributed by atoms with Gasteiger partial charge < -0.3 is 10.2 Å². The average Bonchev–Trinajstić information content (AvgIpc) is 2.98. The van der Waals surface area contributed by atoms with Gasteiger partial charge in [0, 0.05) is 38.3 Å². The minimum absolute atomic E-state index is 0.0773. The zero-order valence-electron chi connectivity index (χ0n) is 20.5. The van der Waals surface area contributed by atoms with Gasteiger partial charge in [-0.25, -0.2) is 0 Å². The number of amides is 2. The first-order chi connectivity index (χ1) is 15.2. The molecule has 0 radical (unpaired) electrons. The maximum absolute atomic E-state index is 13.2. The summed E-state index contributed by atoms with van der Waals surface area (Å²) in [4.78, 5) is 32.1. The maximum Gasteiger partial charge on any atom is 0.239 e. The first-order valence-corrected chi connectivity index (χ1v) is 12.3. The van der Waals surface area contributed by atoms with E-state index in [0.717, 1.165) is 65.0 Å². The molecule has 6 heteroatoms. The number of carbonyl (C=O) groups is 2. The van der Waals surface area contributed by atoms with Crippen LogP contribution < -0.4 is 5.32 Å². The molecule has 0 bridgehead atoms. The topological polar surface area (TPSA) is 55.9 Å². The molecule has 2 heterocycles. The quantitative estimate of drug-likeness (QED) is 0.736. The van der Waals surface area contributed by atoms with Crippen molar-refractivity contribution in [3.63, 3.8) is 0 Å². The Morgan fingerprint density at radius 2 is 1.69 bits per heavy atom. The number of rotatable bonds is 6. The summed E-state index contributed by atoms with van der Waals surface area (Å²) in [6.07, 6.45) is 4.27. The van der Waals surface area contributed by atoms with Crippen LogP contribution in [0.1, 0.15) is 52.5 Å². The summed E-state index contributed by atoms with van der Waals surface area (Å²) in [5.74, 6) is 1.01. The van der Waals surface area contributed by atoms with E-state index >= 15 is 0 Å². The Bertz CT molecular complexity index is 738. The second-order valence-corrected chi connectivity index (χ2v) is 10.6. The zero-order valence-corrected chi connectivity index (χ0v) is 20.5. The number of nitrogens with zero attached hydrogens (tertiary/aromatic N) is 3. The molecule has 1 N–H and O–H groups in total. The fraction of sp³-hybridized carbons (Fsp3) is 0.692. The van der Waals surface area contributed by atoms with Gasteiger partial charge in [0.15, 0.2) is 0 Å². The van der Waals surface area contributed by atoms with Crippen LogP contribution in [0.2, 0.25) is 0 Å². The summed E-state index contributed by atoms with van der Waals surface area (Å²) < 4.78 is 0. The molecule has 1 atom stereocenters.